The Hall–Kier alpha value is -1.02. The van der Waals surface area contributed by atoms with E-state index in [4.69, 9.17) is 16.3 Å². The molecule has 0 bridgehead atoms. The molecule has 0 fully saturated rings. The highest BCUT2D eigenvalue weighted by Gasteiger charge is 2.01. The Balaban J connectivity index is 2.96. The van der Waals surface area contributed by atoms with Gasteiger partial charge in [0.1, 0.15) is 11.6 Å². The van der Waals surface area contributed by atoms with Gasteiger partial charge in [0, 0.05) is 11.4 Å². The van der Waals surface area contributed by atoms with E-state index in [1.165, 1.54) is 12.1 Å². The summed E-state index contributed by atoms with van der Waals surface area (Å²) in [5.74, 6) is 0.806. The number of ether oxygens (including phenoxy) is 1. The minimum absolute atomic E-state index is 0.275. The lowest BCUT2D eigenvalue weighted by Crippen LogP contribution is -1.94. The third kappa shape index (κ3) is 3.04. The van der Waals surface area contributed by atoms with Gasteiger partial charge >= 0.3 is 0 Å². The van der Waals surface area contributed by atoms with E-state index in [0.717, 1.165) is 0 Å². The molecule has 0 heterocycles. The summed E-state index contributed by atoms with van der Waals surface area (Å²) in [5, 5.41) is 0. The van der Waals surface area contributed by atoms with E-state index < -0.39 is 0 Å². The normalized spacial score (nSPS) is 10.8. The molecule has 0 atom stereocenters. The Kier molecular flexibility index (Phi) is 4.47. The summed E-state index contributed by atoms with van der Waals surface area (Å²) in [5.41, 5.74) is 0.715. The van der Waals surface area contributed by atoms with Crippen molar-refractivity contribution in [3.05, 3.63) is 35.7 Å². The Labute approximate surface area is 88.1 Å². The molecular formula is C11H12ClFO. The van der Waals surface area contributed by atoms with Crippen LogP contribution in [0.3, 0.4) is 0 Å². The summed E-state index contributed by atoms with van der Waals surface area (Å²) in [7, 11) is 0. The Morgan fingerprint density at radius 3 is 2.93 bits per heavy atom. The minimum atomic E-state index is -0.275. The summed E-state index contributed by atoms with van der Waals surface area (Å²) >= 11 is 5.50. The van der Waals surface area contributed by atoms with Crippen LogP contribution in [0.15, 0.2) is 24.3 Å². The first kappa shape index (κ1) is 11.1. The predicted molar refractivity (Wildman–Crippen MR) is 57.3 cm³/mol. The largest absolute Gasteiger partial charge is 0.493 e. The maximum atomic E-state index is 12.9. The molecule has 3 heteroatoms. The van der Waals surface area contributed by atoms with Gasteiger partial charge in [0.05, 0.1) is 6.61 Å². The van der Waals surface area contributed by atoms with Crippen LogP contribution in [-0.2, 0) is 0 Å². The van der Waals surface area contributed by atoms with E-state index in [1.54, 1.807) is 18.2 Å². The van der Waals surface area contributed by atoms with Crippen molar-refractivity contribution in [1.82, 2.24) is 0 Å². The van der Waals surface area contributed by atoms with Gasteiger partial charge in [-0.3, -0.25) is 0 Å². The van der Waals surface area contributed by atoms with Gasteiger partial charge in [-0.15, -0.1) is 11.6 Å². The zero-order valence-electron chi connectivity index (χ0n) is 7.97. The van der Waals surface area contributed by atoms with Crippen molar-refractivity contribution < 1.29 is 9.13 Å². The number of hydrogen-bond acceptors (Lipinski definition) is 1. The molecule has 14 heavy (non-hydrogen) atoms. The van der Waals surface area contributed by atoms with Gasteiger partial charge in [0.25, 0.3) is 0 Å². The van der Waals surface area contributed by atoms with Gasteiger partial charge in [0.15, 0.2) is 0 Å². The first-order chi connectivity index (χ1) is 6.77. The number of hydrogen-bond donors (Lipinski definition) is 0. The number of rotatable bonds is 4. The average Bonchev–Trinajstić information content (AvgIpc) is 2.18. The van der Waals surface area contributed by atoms with Crippen molar-refractivity contribution in [2.75, 3.05) is 12.5 Å². The molecule has 1 aromatic rings. The van der Waals surface area contributed by atoms with Crippen LogP contribution in [0.5, 0.6) is 5.75 Å². The zero-order valence-corrected chi connectivity index (χ0v) is 8.72. The molecule has 0 saturated heterocycles. The fourth-order valence-corrected chi connectivity index (χ4v) is 1.20. The van der Waals surface area contributed by atoms with Crippen LogP contribution in [0, 0.1) is 5.82 Å². The molecule has 0 aromatic heterocycles. The van der Waals surface area contributed by atoms with E-state index in [1.807, 2.05) is 6.92 Å². The summed E-state index contributed by atoms with van der Waals surface area (Å²) < 4.78 is 18.2. The lowest BCUT2D eigenvalue weighted by atomic mass is 10.2. The highest BCUT2D eigenvalue weighted by molar-refractivity contribution is 6.19. The SMILES string of the molecule is CCOc1ccc(F)cc1C=CCCl. The molecule has 0 unspecified atom stereocenters. The first-order valence-corrected chi connectivity index (χ1v) is 4.96. The van der Waals surface area contributed by atoms with Crippen molar-refractivity contribution in [3.63, 3.8) is 0 Å². The van der Waals surface area contributed by atoms with E-state index in [9.17, 15) is 4.39 Å². The van der Waals surface area contributed by atoms with E-state index in [0.29, 0.717) is 23.8 Å². The molecule has 1 aromatic carbocycles. The van der Waals surface area contributed by atoms with Gasteiger partial charge in [-0.1, -0.05) is 12.2 Å². The molecule has 0 saturated carbocycles. The summed E-state index contributed by atoms with van der Waals surface area (Å²) in [6.07, 6.45) is 3.50. The van der Waals surface area contributed by atoms with Crippen molar-refractivity contribution in [3.8, 4) is 5.75 Å². The maximum Gasteiger partial charge on any atom is 0.126 e. The second kappa shape index (κ2) is 5.66. The molecule has 0 aliphatic rings. The summed E-state index contributed by atoms with van der Waals surface area (Å²) in [4.78, 5) is 0. The summed E-state index contributed by atoms with van der Waals surface area (Å²) in [6.45, 7) is 2.45. The quantitative estimate of drug-likeness (QED) is 0.698. The lowest BCUT2D eigenvalue weighted by molar-refractivity contribution is 0.339. The van der Waals surface area contributed by atoms with Crippen LogP contribution in [0.2, 0.25) is 0 Å². The monoisotopic (exact) mass is 214 g/mol. The first-order valence-electron chi connectivity index (χ1n) is 4.42. The Morgan fingerprint density at radius 1 is 1.50 bits per heavy atom. The zero-order chi connectivity index (χ0) is 10.4. The molecule has 0 N–H and O–H groups in total. The second-order valence-corrected chi connectivity index (χ2v) is 2.98. The number of allylic oxidation sites excluding steroid dienone is 1. The van der Waals surface area contributed by atoms with Crippen LogP contribution in [0.1, 0.15) is 12.5 Å². The Bertz CT molecular complexity index is 323. The van der Waals surface area contributed by atoms with Gasteiger partial charge in [-0.25, -0.2) is 4.39 Å². The molecule has 0 radical (unpaired) electrons. The molecule has 1 nitrogen and oxygen atoms in total. The van der Waals surface area contributed by atoms with Crippen LogP contribution >= 0.6 is 11.6 Å². The van der Waals surface area contributed by atoms with Crippen LogP contribution < -0.4 is 4.74 Å². The van der Waals surface area contributed by atoms with E-state index in [-0.39, 0.29) is 5.82 Å². The summed E-state index contributed by atoms with van der Waals surface area (Å²) in [6, 6.07) is 4.42. The molecule has 0 amide bonds. The van der Waals surface area contributed by atoms with Crippen molar-refractivity contribution in [2.45, 2.75) is 6.92 Å². The highest BCUT2D eigenvalue weighted by Crippen LogP contribution is 2.21. The van der Waals surface area contributed by atoms with E-state index in [2.05, 4.69) is 0 Å². The number of benzene rings is 1. The van der Waals surface area contributed by atoms with Gasteiger partial charge < -0.3 is 4.74 Å². The molecule has 0 spiro atoms. The fourth-order valence-electron chi connectivity index (χ4n) is 1.11. The predicted octanol–water partition coefficient (Wildman–Crippen LogP) is 3.48. The molecular weight excluding hydrogens is 203 g/mol. The van der Waals surface area contributed by atoms with Gasteiger partial charge in [-0.05, 0) is 25.1 Å². The third-order valence-corrected chi connectivity index (χ3v) is 1.84. The third-order valence-electron chi connectivity index (χ3n) is 1.66. The smallest absolute Gasteiger partial charge is 0.126 e. The maximum absolute atomic E-state index is 12.9. The van der Waals surface area contributed by atoms with Crippen molar-refractivity contribution >= 4 is 17.7 Å². The van der Waals surface area contributed by atoms with E-state index >= 15 is 0 Å². The molecule has 1 rings (SSSR count). The topological polar surface area (TPSA) is 9.23 Å². The van der Waals surface area contributed by atoms with Crippen molar-refractivity contribution in [1.29, 1.82) is 0 Å². The standard InChI is InChI=1S/C11H12ClFO/c1-2-14-11-6-5-10(13)8-9(11)4-3-7-12/h3-6,8H,2,7H2,1H3. The van der Waals surface area contributed by atoms with Gasteiger partial charge in [-0.2, -0.15) is 0 Å². The number of halogens is 2. The van der Waals surface area contributed by atoms with Crippen LogP contribution in [-0.4, -0.2) is 12.5 Å². The molecule has 0 aliphatic carbocycles. The lowest BCUT2D eigenvalue weighted by Gasteiger charge is -2.06. The number of alkyl halides is 1. The fraction of sp³-hybridized carbons (Fsp3) is 0.273. The highest BCUT2D eigenvalue weighted by atomic mass is 35.5. The van der Waals surface area contributed by atoms with Crippen molar-refractivity contribution in [2.24, 2.45) is 0 Å². The van der Waals surface area contributed by atoms with Gasteiger partial charge in [0.2, 0.25) is 0 Å². The average molecular weight is 215 g/mol. The minimum Gasteiger partial charge on any atom is -0.493 e. The van der Waals surface area contributed by atoms with Crippen LogP contribution in [0.25, 0.3) is 6.08 Å². The molecule has 76 valence electrons. The molecule has 0 aliphatic heterocycles. The van der Waals surface area contributed by atoms with Crippen LogP contribution in [0.4, 0.5) is 4.39 Å². The second-order valence-electron chi connectivity index (χ2n) is 2.67. The Morgan fingerprint density at radius 2 is 2.29 bits per heavy atom.